The van der Waals surface area contributed by atoms with E-state index in [0.29, 0.717) is 18.3 Å². The lowest BCUT2D eigenvalue weighted by atomic mass is 9.94. The number of urea groups is 1. The normalized spacial score (nSPS) is 21.5. The van der Waals surface area contributed by atoms with E-state index in [1.807, 2.05) is 67.6 Å². The van der Waals surface area contributed by atoms with Crippen molar-refractivity contribution < 1.29 is 14.1 Å². The van der Waals surface area contributed by atoms with E-state index in [0.717, 1.165) is 41.8 Å². The number of ether oxygens (including phenoxy) is 1. The molecular weight excluding hydrogens is 392 g/mol. The van der Waals surface area contributed by atoms with Crippen molar-refractivity contribution in [1.29, 1.82) is 0 Å². The molecule has 2 unspecified atom stereocenters. The Labute approximate surface area is 180 Å². The minimum atomic E-state index is -0.376. The summed E-state index contributed by atoms with van der Waals surface area (Å²) in [7, 11) is 0. The summed E-state index contributed by atoms with van der Waals surface area (Å²) in [6.45, 7) is 3.18. The molecule has 1 fully saturated rings. The number of aromatic nitrogens is 2. The smallest absolute Gasteiger partial charge is 0.322 e. The second-order valence-corrected chi connectivity index (χ2v) is 7.83. The Kier molecular flexibility index (Phi) is 5.26. The average molecular weight is 416 g/mol. The zero-order chi connectivity index (χ0) is 21.2. The molecule has 5 rings (SSSR count). The van der Waals surface area contributed by atoms with E-state index in [9.17, 15) is 4.79 Å². The first-order chi connectivity index (χ1) is 15.2. The van der Waals surface area contributed by atoms with E-state index in [1.165, 1.54) is 0 Å². The van der Waals surface area contributed by atoms with Crippen molar-refractivity contribution in [1.82, 2.24) is 20.4 Å². The third-order valence-electron chi connectivity index (χ3n) is 5.83. The fourth-order valence-electron chi connectivity index (χ4n) is 4.20. The van der Waals surface area contributed by atoms with Crippen LogP contribution in [0.5, 0.6) is 0 Å². The Balaban J connectivity index is 1.57. The van der Waals surface area contributed by atoms with Crippen LogP contribution < -0.4 is 5.32 Å². The van der Waals surface area contributed by atoms with Crippen LogP contribution in [0.2, 0.25) is 0 Å². The van der Waals surface area contributed by atoms with Crippen LogP contribution in [0.4, 0.5) is 4.79 Å². The number of carbonyl (C=O) groups excluding carboxylic acids is 1. The SMILES string of the molecule is CC1=C(c2nc(-c3ccccc3)no2)C(c2ccccc2)NC(=O)N1CC1CCCO1. The van der Waals surface area contributed by atoms with Crippen molar-refractivity contribution >= 4 is 11.6 Å². The number of allylic oxidation sites excluding steroid dienone is 1. The summed E-state index contributed by atoms with van der Waals surface area (Å²) in [6, 6.07) is 19.0. The van der Waals surface area contributed by atoms with Gasteiger partial charge in [-0.15, -0.1) is 0 Å². The lowest BCUT2D eigenvalue weighted by Crippen LogP contribution is -2.48. The molecule has 31 heavy (non-hydrogen) atoms. The maximum Gasteiger partial charge on any atom is 0.322 e. The van der Waals surface area contributed by atoms with Crippen molar-refractivity contribution in [3.05, 3.63) is 77.8 Å². The van der Waals surface area contributed by atoms with Crippen LogP contribution in [0.1, 0.15) is 37.3 Å². The Morgan fingerprint density at radius 1 is 1.10 bits per heavy atom. The van der Waals surface area contributed by atoms with Gasteiger partial charge in [-0.3, -0.25) is 4.90 Å². The van der Waals surface area contributed by atoms with E-state index < -0.39 is 0 Å². The summed E-state index contributed by atoms with van der Waals surface area (Å²) in [5, 5.41) is 7.33. The van der Waals surface area contributed by atoms with Gasteiger partial charge < -0.3 is 14.6 Å². The van der Waals surface area contributed by atoms with E-state index in [4.69, 9.17) is 9.26 Å². The van der Waals surface area contributed by atoms with Crippen LogP contribution in [0, 0.1) is 0 Å². The molecule has 158 valence electrons. The van der Waals surface area contributed by atoms with Gasteiger partial charge in [0.05, 0.1) is 24.3 Å². The van der Waals surface area contributed by atoms with Gasteiger partial charge in [-0.25, -0.2) is 4.79 Å². The number of rotatable bonds is 5. The lowest BCUT2D eigenvalue weighted by Gasteiger charge is -2.36. The summed E-state index contributed by atoms with van der Waals surface area (Å²) >= 11 is 0. The predicted molar refractivity (Wildman–Crippen MR) is 116 cm³/mol. The van der Waals surface area contributed by atoms with Crippen LogP contribution in [0.3, 0.4) is 0 Å². The first kappa shape index (κ1) is 19.5. The summed E-state index contributed by atoms with van der Waals surface area (Å²) in [4.78, 5) is 19.4. The molecule has 0 radical (unpaired) electrons. The third-order valence-corrected chi connectivity index (χ3v) is 5.83. The van der Waals surface area contributed by atoms with E-state index in [1.54, 1.807) is 4.90 Å². The quantitative estimate of drug-likeness (QED) is 0.666. The number of benzene rings is 2. The fraction of sp³-hybridized carbons (Fsp3) is 0.292. The topological polar surface area (TPSA) is 80.5 Å². The average Bonchev–Trinajstić information content (AvgIpc) is 3.50. The molecule has 2 aliphatic heterocycles. The van der Waals surface area contributed by atoms with Gasteiger partial charge in [0.1, 0.15) is 0 Å². The second kappa shape index (κ2) is 8.35. The molecule has 1 saturated heterocycles. The molecule has 3 aromatic rings. The molecule has 2 amide bonds. The van der Waals surface area contributed by atoms with Gasteiger partial charge in [0.15, 0.2) is 0 Å². The van der Waals surface area contributed by atoms with Gasteiger partial charge >= 0.3 is 6.03 Å². The molecule has 7 heteroatoms. The molecule has 1 N–H and O–H groups in total. The molecule has 0 spiro atoms. The molecule has 3 heterocycles. The van der Waals surface area contributed by atoms with E-state index in [2.05, 4.69) is 15.5 Å². The van der Waals surface area contributed by atoms with E-state index >= 15 is 0 Å². The number of hydrogen-bond acceptors (Lipinski definition) is 5. The molecule has 0 bridgehead atoms. The fourth-order valence-corrected chi connectivity index (χ4v) is 4.20. The largest absolute Gasteiger partial charge is 0.376 e. The predicted octanol–water partition coefficient (Wildman–Crippen LogP) is 4.41. The summed E-state index contributed by atoms with van der Waals surface area (Å²) in [5.41, 5.74) is 3.44. The zero-order valence-corrected chi connectivity index (χ0v) is 17.3. The Morgan fingerprint density at radius 3 is 2.55 bits per heavy atom. The molecule has 2 aliphatic rings. The van der Waals surface area contributed by atoms with Crippen LogP contribution in [-0.2, 0) is 4.74 Å². The zero-order valence-electron chi connectivity index (χ0n) is 17.3. The molecule has 7 nitrogen and oxygen atoms in total. The van der Waals surface area contributed by atoms with Crippen molar-refractivity contribution in [3.8, 4) is 11.4 Å². The van der Waals surface area contributed by atoms with Crippen LogP contribution in [-0.4, -0.2) is 40.3 Å². The number of nitrogens with zero attached hydrogens (tertiary/aromatic N) is 3. The number of amides is 2. The Morgan fingerprint density at radius 2 is 1.84 bits per heavy atom. The molecule has 2 aromatic carbocycles. The van der Waals surface area contributed by atoms with Gasteiger partial charge in [0, 0.05) is 17.9 Å². The Bertz CT molecular complexity index is 1090. The maximum atomic E-state index is 13.0. The highest BCUT2D eigenvalue weighted by molar-refractivity contribution is 5.86. The molecule has 1 aromatic heterocycles. The van der Waals surface area contributed by atoms with Crippen molar-refractivity contribution in [3.63, 3.8) is 0 Å². The van der Waals surface area contributed by atoms with Crippen LogP contribution in [0.25, 0.3) is 17.0 Å². The van der Waals surface area contributed by atoms with Gasteiger partial charge in [0.2, 0.25) is 5.82 Å². The monoisotopic (exact) mass is 416 g/mol. The van der Waals surface area contributed by atoms with Crippen molar-refractivity contribution in [2.75, 3.05) is 13.2 Å². The first-order valence-corrected chi connectivity index (χ1v) is 10.6. The highest BCUT2D eigenvalue weighted by Gasteiger charge is 2.37. The van der Waals surface area contributed by atoms with Gasteiger partial charge in [-0.2, -0.15) is 4.98 Å². The van der Waals surface area contributed by atoms with Crippen molar-refractivity contribution in [2.45, 2.75) is 31.9 Å². The standard InChI is InChI=1S/C24H24N4O3/c1-16-20(23-26-22(27-31-23)18-11-6-3-7-12-18)21(17-9-4-2-5-10-17)25-24(29)28(16)15-19-13-8-14-30-19/h2-7,9-12,19,21H,8,13-15H2,1H3,(H,25,29). The number of hydrogen-bond donors (Lipinski definition) is 1. The molecular formula is C24H24N4O3. The number of carbonyl (C=O) groups is 1. The number of nitrogens with one attached hydrogen (secondary N) is 1. The van der Waals surface area contributed by atoms with Gasteiger partial charge in [0.25, 0.3) is 5.89 Å². The highest BCUT2D eigenvalue weighted by Crippen LogP contribution is 2.37. The molecule has 0 aliphatic carbocycles. The molecule has 2 atom stereocenters. The van der Waals surface area contributed by atoms with E-state index in [-0.39, 0.29) is 18.2 Å². The minimum absolute atomic E-state index is 0.0396. The first-order valence-electron chi connectivity index (χ1n) is 10.6. The minimum Gasteiger partial charge on any atom is -0.376 e. The maximum absolute atomic E-state index is 13.0. The summed E-state index contributed by atoms with van der Waals surface area (Å²) in [5.74, 6) is 0.924. The highest BCUT2D eigenvalue weighted by atomic mass is 16.5. The van der Waals surface area contributed by atoms with Gasteiger partial charge in [-0.1, -0.05) is 65.8 Å². The third kappa shape index (κ3) is 3.84. The Hall–Kier alpha value is -3.45. The van der Waals surface area contributed by atoms with Crippen molar-refractivity contribution in [2.24, 2.45) is 0 Å². The van der Waals surface area contributed by atoms with Gasteiger partial charge in [-0.05, 0) is 25.3 Å². The second-order valence-electron chi connectivity index (χ2n) is 7.83. The van der Waals surface area contributed by atoms with Crippen LogP contribution in [0.15, 0.2) is 70.9 Å². The summed E-state index contributed by atoms with van der Waals surface area (Å²) in [6.07, 6.45) is 2.01. The molecule has 0 saturated carbocycles. The summed E-state index contributed by atoms with van der Waals surface area (Å²) < 4.78 is 11.5. The van der Waals surface area contributed by atoms with Crippen LogP contribution >= 0.6 is 0 Å². The lowest BCUT2D eigenvalue weighted by molar-refractivity contribution is 0.0877.